The van der Waals surface area contributed by atoms with Crippen molar-refractivity contribution in [1.29, 1.82) is 5.41 Å². The van der Waals surface area contributed by atoms with Gasteiger partial charge in [-0.05, 0) is 42.8 Å². The van der Waals surface area contributed by atoms with Crippen molar-refractivity contribution in [3.63, 3.8) is 0 Å². The van der Waals surface area contributed by atoms with Crippen LogP contribution in [0.25, 0.3) is 5.69 Å². The summed E-state index contributed by atoms with van der Waals surface area (Å²) in [6.07, 6.45) is 8.87. The Morgan fingerprint density at radius 3 is 2.79 bits per heavy atom. The third-order valence-corrected chi connectivity index (χ3v) is 4.22. The van der Waals surface area contributed by atoms with Gasteiger partial charge < -0.3 is 20.0 Å². The highest BCUT2D eigenvalue weighted by atomic mass is 16.5. The number of hydrogen-bond donors (Lipinski definition) is 2. The third kappa shape index (κ3) is 4.94. The molecule has 0 unspecified atom stereocenters. The Kier molecular flexibility index (Phi) is 6.36. The summed E-state index contributed by atoms with van der Waals surface area (Å²) >= 11 is 0. The molecule has 0 aliphatic heterocycles. The Morgan fingerprint density at radius 1 is 1.25 bits per heavy atom. The number of hydrogen-bond acceptors (Lipinski definition) is 5. The molecule has 6 heteroatoms. The van der Waals surface area contributed by atoms with Crippen molar-refractivity contribution < 1.29 is 4.74 Å². The van der Waals surface area contributed by atoms with Gasteiger partial charge in [0.05, 0.1) is 31.4 Å². The summed E-state index contributed by atoms with van der Waals surface area (Å²) in [6, 6.07) is 15.6. The Bertz CT molecular complexity index is 975. The van der Waals surface area contributed by atoms with E-state index in [1.54, 1.807) is 25.8 Å². The standard InChI is InChI=1S/C22H23N5O/c1-17(20(23)15-26-18-6-4-3-5-7-18)10-11-25-21-9-8-19(14-22(21)28-2)27-13-12-24-16-27/h3-14,16,23,26H,15H2,1-2H3/b17-10-,23-20?,25-11?. The molecule has 0 aliphatic carbocycles. The first kappa shape index (κ1) is 19.1. The van der Waals surface area contributed by atoms with Gasteiger partial charge in [0.25, 0.3) is 0 Å². The molecule has 3 aromatic rings. The Balaban J connectivity index is 1.64. The fourth-order valence-electron chi connectivity index (χ4n) is 2.56. The van der Waals surface area contributed by atoms with Crippen LogP contribution in [0.2, 0.25) is 0 Å². The minimum absolute atomic E-state index is 0.461. The van der Waals surface area contributed by atoms with E-state index in [1.807, 2.05) is 72.3 Å². The Hall–Kier alpha value is -3.67. The van der Waals surface area contributed by atoms with Gasteiger partial charge in [-0.1, -0.05) is 18.2 Å². The molecule has 0 saturated heterocycles. The number of nitrogens with one attached hydrogen (secondary N) is 2. The van der Waals surface area contributed by atoms with Crippen molar-refractivity contribution in [2.24, 2.45) is 4.99 Å². The van der Waals surface area contributed by atoms with Crippen LogP contribution in [0, 0.1) is 5.41 Å². The van der Waals surface area contributed by atoms with Gasteiger partial charge in [0.15, 0.2) is 0 Å². The SMILES string of the molecule is COc1cc(-n2ccnc2)ccc1N=C/C=C(/C)C(=N)CNc1ccccc1. The van der Waals surface area contributed by atoms with Gasteiger partial charge >= 0.3 is 0 Å². The minimum Gasteiger partial charge on any atom is -0.494 e. The maximum atomic E-state index is 8.19. The van der Waals surface area contributed by atoms with Gasteiger partial charge in [-0.2, -0.15) is 0 Å². The fourth-order valence-corrected chi connectivity index (χ4v) is 2.56. The van der Waals surface area contributed by atoms with Crippen molar-refractivity contribution in [3.8, 4) is 11.4 Å². The molecular formula is C22H23N5O. The van der Waals surface area contributed by atoms with Gasteiger partial charge in [-0.15, -0.1) is 0 Å². The highest BCUT2D eigenvalue weighted by Crippen LogP contribution is 2.29. The van der Waals surface area contributed by atoms with Crippen molar-refractivity contribution in [2.45, 2.75) is 6.92 Å². The van der Waals surface area contributed by atoms with E-state index in [-0.39, 0.29) is 0 Å². The van der Waals surface area contributed by atoms with E-state index in [0.29, 0.717) is 18.0 Å². The van der Waals surface area contributed by atoms with Crippen molar-refractivity contribution in [1.82, 2.24) is 9.55 Å². The molecule has 0 aliphatic rings. The number of imidazole rings is 1. The highest BCUT2D eigenvalue weighted by molar-refractivity contribution is 6.02. The second-order valence-electron chi connectivity index (χ2n) is 6.15. The molecule has 6 nitrogen and oxygen atoms in total. The number of anilines is 1. The lowest BCUT2D eigenvalue weighted by Crippen LogP contribution is -2.13. The maximum absolute atomic E-state index is 8.19. The molecule has 0 radical (unpaired) electrons. The number of rotatable bonds is 8. The molecule has 2 aromatic carbocycles. The zero-order valence-corrected chi connectivity index (χ0v) is 16.0. The first-order valence-electron chi connectivity index (χ1n) is 8.91. The zero-order valence-electron chi connectivity index (χ0n) is 16.0. The van der Waals surface area contributed by atoms with Gasteiger partial charge in [0, 0.05) is 30.4 Å². The molecule has 1 aromatic heterocycles. The second-order valence-corrected chi connectivity index (χ2v) is 6.15. The molecule has 0 spiro atoms. The number of benzene rings is 2. The molecule has 0 amide bonds. The van der Waals surface area contributed by atoms with Crippen LogP contribution < -0.4 is 10.1 Å². The molecule has 142 valence electrons. The summed E-state index contributed by atoms with van der Waals surface area (Å²) in [6.45, 7) is 2.36. The van der Waals surface area contributed by atoms with E-state index < -0.39 is 0 Å². The van der Waals surface area contributed by atoms with Crippen LogP contribution in [-0.4, -0.2) is 35.1 Å². The summed E-state index contributed by atoms with van der Waals surface area (Å²) in [5.41, 5.74) is 4.04. The van der Waals surface area contributed by atoms with E-state index >= 15 is 0 Å². The normalized spacial score (nSPS) is 11.6. The molecule has 28 heavy (non-hydrogen) atoms. The summed E-state index contributed by atoms with van der Waals surface area (Å²) in [5, 5.41) is 11.4. The largest absolute Gasteiger partial charge is 0.494 e. The Labute approximate surface area is 164 Å². The van der Waals surface area contributed by atoms with Crippen LogP contribution in [0.5, 0.6) is 5.75 Å². The summed E-state index contributed by atoms with van der Waals surface area (Å²) in [7, 11) is 1.62. The number of allylic oxidation sites excluding steroid dienone is 1. The molecule has 1 heterocycles. The number of ether oxygens (including phenoxy) is 1. The smallest absolute Gasteiger partial charge is 0.146 e. The monoisotopic (exact) mass is 373 g/mol. The predicted molar refractivity (Wildman–Crippen MR) is 115 cm³/mol. The topological polar surface area (TPSA) is 75.3 Å². The van der Waals surface area contributed by atoms with E-state index in [1.165, 1.54) is 0 Å². The first-order valence-corrected chi connectivity index (χ1v) is 8.91. The lowest BCUT2D eigenvalue weighted by molar-refractivity contribution is 0.416. The van der Waals surface area contributed by atoms with Crippen LogP contribution in [0.3, 0.4) is 0 Å². The summed E-state index contributed by atoms with van der Waals surface area (Å²) < 4.78 is 7.36. The second kappa shape index (κ2) is 9.32. The van der Waals surface area contributed by atoms with Crippen LogP contribution in [-0.2, 0) is 0 Å². The van der Waals surface area contributed by atoms with Gasteiger partial charge in [0.1, 0.15) is 11.4 Å². The van der Waals surface area contributed by atoms with Crippen LogP contribution in [0.4, 0.5) is 11.4 Å². The van der Waals surface area contributed by atoms with Crippen molar-refractivity contribution in [2.75, 3.05) is 19.0 Å². The van der Waals surface area contributed by atoms with Gasteiger partial charge in [-0.3, -0.25) is 4.99 Å². The number of nitrogens with zero attached hydrogens (tertiary/aromatic N) is 3. The summed E-state index contributed by atoms with van der Waals surface area (Å²) in [4.78, 5) is 8.53. The van der Waals surface area contributed by atoms with E-state index in [2.05, 4.69) is 15.3 Å². The predicted octanol–water partition coefficient (Wildman–Crippen LogP) is 4.66. The average molecular weight is 373 g/mol. The van der Waals surface area contributed by atoms with Gasteiger partial charge in [-0.25, -0.2) is 4.98 Å². The molecule has 3 rings (SSSR count). The van der Waals surface area contributed by atoms with Crippen molar-refractivity contribution in [3.05, 3.63) is 78.9 Å². The lowest BCUT2D eigenvalue weighted by atomic mass is 10.1. The fraction of sp³-hybridized carbons (Fsp3) is 0.136. The van der Waals surface area contributed by atoms with Crippen LogP contribution in [0.1, 0.15) is 6.92 Å². The molecule has 0 atom stereocenters. The van der Waals surface area contributed by atoms with Crippen LogP contribution in [0.15, 0.2) is 83.9 Å². The summed E-state index contributed by atoms with van der Waals surface area (Å²) in [5.74, 6) is 0.675. The molecule has 0 saturated carbocycles. The average Bonchev–Trinajstić information content (AvgIpc) is 3.27. The van der Waals surface area contributed by atoms with E-state index in [4.69, 9.17) is 10.1 Å². The van der Waals surface area contributed by atoms with E-state index in [9.17, 15) is 0 Å². The molecule has 2 N–H and O–H groups in total. The highest BCUT2D eigenvalue weighted by Gasteiger charge is 2.04. The number of aliphatic imine (C=N–C) groups is 1. The number of aromatic nitrogens is 2. The van der Waals surface area contributed by atoms with Crippen LogP contribution >= 0.6 is 0 Å². The zero-order chi connectivity index (χ0) is 19.8. The third-order valence-electron chi connectivity index (χ3n) is 4.22. The minimum atomic E-state index is 0.461. The molecule has 0 fully saturated rings. The lowest BCUT2D eigenvalue weighted by Gasteiger charge is -2.08. The van der Waals surface area contributed by atoms with E-state index in [0.717, 1.165) is 22.6 Å². The number of methoxy groups -OCH3 is 1. The molecular weight excluding hydrogens is 350 g/mol. The maximum Gasteiger partial charge on any atom is 0.146 e. The quantitative estimate of drug-likeness (QED) is 0.564. The Morgan fingerprint density at radius 2 is 2.07 bits per heavy atom. The van der Waals surface area contributed by atoms with Crippen molar-refractivity contribution >= 4 is 23.3 Å². The number of para-hydroxylation sites is 1. The molecule has 0 bridgehead atoms. The van der Waals surface area contributed by atoms with Gasteiger partial charge in [0.2, 0.25) is 0 Å². The first-order chi connectivity index (χ1) is 13.7.